The van der Waals surface area contributed by atoms with Crippen LogP contribution >= 0.6 is 34.8 Å². The Morgan fingerprint density at radius 1 is 0.776 bits per heavy atom. The van der Waals surface area contributed by atoms with Gasteiger partial charge in [-0.3, -0.25) is 0 Å². The van der Waals surface area contributed by atoms with Gasteiger partial charge >= 0.3 is 12.2 Å². The molecule has 4 aromatic carbocycles. The number of halogens is 3. The van der Waals surface area contributed by atoms with Crippen molar-refractivity contribution >= 4 is 47.1 Å². The van der Waals surface area contributed by atoms with E-state index in [0.717, 1.165) is 16.7 Å². The number of carbonyl (C=O) groups is 2. The quantitative estimate of drug-likeness (QED) is 0.0234. The Hall–Kier alpha value is -4.98. The topological polar surface area (TPSA) is 196 Å². The highest BCUT2D eigenvalue weighted by Gasteiger charge is 2.56. The zero-order chi connectivity index (χ0) is 47.0. The van der Waals surface area contributed by atoms with Crippen LogP contribution in [0.2, 0.25) is 0 Å². The zero-order valence-corrected chi connectivity index (χ0v) is 38.2. The van der Waals surface area contributed by atoms with E-state index in [2.05, 4.69) is 21.9 Å². The maximum absolute atomic E-state index is 13.8. The monoisotopic (exact) mass is 982 g/mol. The van der Waals surface area contributed by atoms with Gasteiger partial charge in [0.1, 0.15) is 55.8 Å². The number of nitrogens with one attached hydrogen (secondary N) is 1. The predicted octanol–water partition coefficient (Wildman–Crippen LogP) is 8.81. The van der Waals surface area contributed by atoms with Crippen LogP contribution in [0, 0.1) is 0 Å². The highest BCUT2D eigenvalue weighted by atomic mass is 35.6. The van der Waals surface area contributed by atoms with Crippen LogP contribution in [0.4, 0.5) is 9.59 Å². The molecular weight excluding hydrogens is 935 g/mol. The van der Waals surface area contributed by atoms with Crippen LogP contribution in [0.5, 0.6) is 0 Å². The molecule has 17 nitrogen and oxygen atoms in total. The summed E-state index contributed by atoms with van der Waals surface area (Å²) in [4.78, 5) is 30.5. The molecule has 0 aliphatic carbocycles. The third-order valence-corrected chi connectivity index (χ3v) is 11.0. The molecule has 3 heterocycles. The fourth-order valence-corrected chi connectivity index (χ4v) is 7.76. The summed E-state index contributed by atoms with van der Waals surface area (Å²) in [6.07, 6.45) is -11.3. The van der Waals surface area contributed by atoms with Crippen LogP contribution in [-0.2, 0) is 71.9 Å². The van der Waals surface area contributed by atoms with E-state index >= 15 is 0 Å². The molecule has 2 unspecified atom stereocenters. The first-order valence-corrected chi connectivity index (χ1v) is 22.4. The van der Waals surface area contributed by atoms with E-state index < -0.39 is 90.2 Å². The molecule has 0 spiro atoms. The van der Waals surface area contributed by atoms with E-state index in [-0.39, 0.29) is 39.6 Å². The number of carbonyl (C=O) groups excluding carboxylic acids is 2. The second-order valence-corrected chi connectivity index (χ2v) is 17.9. The molecule has 11 atom stereocenters. The van der Waals surface area contributed by atoms with Crippen molar-refractivity contribution in [3.05, 3.63) is 167 Å². The van der Waals surface area contributed by atoms with Crippen LogP contribution in [0.25, 0.3) is 10.4 Å². The van der Waals surface area contributed by atoms with Crippen molar-refractivity contribution in [1.29, 1.82) is 0 Å². The van der Waals surface area contributed by atoms with Gasteiger partial charge in [0.25, 0.3) is 0 Å². The van der Waals surface area contributed by atoms with Crippen molar-refractivity contribution in [3.63, 3.8) is 0 Å². The lowest BCUT2D eigenvalue weighted by atomic mass is 9.94. The van der Waals surface area contributed by atoms with Gasteiger partial charge in [0, 0.05) is 10.5 Å². The van der Waals surface area contributed by atoms with E-state index in [1.807, 2.05) is 97.1 Å². The van der Waals surface area contributed by atoms with E-state index in [4.69, 9.17) is 86.9 Å². The maximum atomic E-state index is 13.8. The number of alkyl halides is 3. The first kappa shape index (κ1) is 49.9. The molecule has 3 fully saturated rings. The number of benzene rings is 4. The molecule has 1 amide bonds. The number of nitrogens with zero attached hydrogens (tertiary/aromatic N) is 3. The summed E-state index contributed by atoms with van der Waals surface area (Å²) in [7, 11) is 0. The minimum atomic E-state index is -1.97. The van der Waals surface area contributed by atoms with Crippen molar-refractivity contribution in [3.8, 4) is 0 Å². The molecule has 0 saturated carbocycles. The van der Waals surface area contributed by atoms with Crippen molar-refractivity contribution in [2.24, 2.45) is 5.11 Å². The molecule has 356 valence electrons. The molecular formula is C47H49Cl3N4O13. The van der Waals surface area contributed by atoms with Gasteiger partial charge in [-0.05, 0) is 22.2 Å². The van der Waals surface area contributed by atoms with Crippen LogP contribution in [0.3, 0.4) is 0 Å². The van der Waals surface area contributed by atoms with Gasteiger partial charge in [-0.25, -0.2) is 9.59 Å². The summed E-state index contributed by atoms with van der Waals surface area (Å²) in [5.41, 5.74) is 13.2. The highest BCUT2D eigenvalue weighted by Crippen LogP contribution is 2.39. The largest absolute Gasteiger partial charge is 0.509 e. The summed E-state index contributed by atoms with van der Waals surface area (Å²) in [6.45, 7) is 2.88. The lowest BCUT2D eigenvalue weighted by Gasteiger charge is -2.50. The highest BCUT2D eigenvalue weighted by molar-refractivity contribution is 6.67. The van der Waals surface area contributed by atoms with Crippen LogP contribution in [0.1, 0.15) is 28.5 Å². The van der Waals surface area contributed by atoms with Crippen molar-refractivity contribution < 1.29 is 61.7 Å². The predicted molar refractivity (Wildman–Crippen MR) is 242 cm³/mol. The van der Waals surface area contributed by atoms with Gasteiger partial charge in [-0.1, -0.05) is 167 Å². The number of alkyl carbamates (subject to hydrolysis) is 1. The summed E-state index contributed by atoms with van der Waals surface area (Å²) in [6, 6.07) is 34.3. The third kappa shape index (κ3) is 14.5. The van der Waals surface area contributed by atoms with Crippen molar-refractivity contribution in [2.75, 3.05) is 26.4 Å². The minimum absolute atomic E-state index is 0.00545. The smallest absolute Gasteiger partial charge is 0.445 e. The Bertz CT molecular complexity index is 2210. The SMILES string of the molecule is C=CCO[C@H]1O[C@H](COCc2ccccc2)[C@@H](OC2O[C@@H]3COC(c4ccccc4)O[C@H]3[C@H](OCc3ccccc3)[C@H]2N=[N+]=[N-])[C@H](OC(=O)OCc2ccccc2)[C@H]1NC(=O)OCC(Cl)(Cl)Cl. The van der Waals surface area contributed by atoms with Crippen molar-refractivity contribution in [1.82, 2.24) is 5.32 Å². The summed E-state index contributed by atoms with van der Waals surface area (Å²) < 4.78 is 66.6. The van der Waals surface area contributed by atoms with Gasteiger partial charge in [-0.2, -0.15) is 0 Å². The molecule has 0 radical (unpaired) electrons. The molecule has 3 aliphatic heterocycles. The fourth-order valence-electron chi connectivity index (χ4n) is 7.60. The Labute approximate surface area is 401 Å². The van der Waals surface area contributed by atoms with E-state index in [1.54, 1.807) is 24.3 Å². The van der Waals surface area contributed by atoms with Crippen LogP contribution in [-0.4, -0.2) is 104 Å². The average Bonchev–Trinajstić information content (AvgIpc) is 3.34. The molecule has 7 rings (SSSR count). The second kappa shape index (κ2) is 24.9. The second-order valence-electron chi connectivity index (χ2n) is 15.4. The number of fused-ring (bicyclic) bond motifs is 1. The molecule has 0 bridgehead atoms. The van der Waals surface area contributed by atoms with Gasteiger partial charge in [-0.15, -0.1) is 6.58 Å². The maximum Gasteiger partial charge on any atom is 0.509 e. The minimum Gasteiger partial charge on any atom is -0.445 e. The Balaban J connectivity index is 1.25. The third-order valence-electron chi connectivity index (χ3n) is 10.6. The van der Waals surface area contributed by atoms with E-state index in [0.29, 0.717) is 5.56 Å². The molecule has 3 aliphatic rings. The zero-order valence-electron chi connectivity index (χ0n) is 35.9. The van der Waals surface area contributed by atoms with Crippen molar-refractivity contribution in [2.45, 2.75) is 91.2 Å². The normalized spacial score (nSPS) is 27.1. The van der Waals surface area contributed by atoms with E-state index in [1.165, 1.54) is 6.08 Å². The Morgan fingerprint density at radius 3 is 2.03 bits per heavy atom. The molecule has 0 aromatic heterocycles. The Kier molecular flexibility index (Phi) is 18.5. The average molecular weight is 984 g/mol. The molecule has 1 N–H and O–H groups in total. The fraction of sp³-hybridized carbons (Fsp3) is 0.404. The number of azide groups is 1. The van der Waals surface area contributed by atoms with Crippen LogP contribution in [0.15, 0.2) is 139 Å². The summed E-state index contributed by atoms with van der Waals surface area (Å²) in [5.74, 6) is 0. The van der Waals surface area contributed by atoms with E-state index in [9.17, 15) is 15.1 Å². The molecule has 67 heavy (non-hydrogen) atoms. The first-order valence-electron chi connectivity index (χ1n) is 21.3. The Morgan fingerprint density at radius 2 is 1.40 bits per heavy atom. The lowest BCUT2D eigenvalue weighted by molar-refractivity contribution is -0.367. The first-order chi connectivity index (χ1) is 32.6. The molecule has 3 saturated heterocycles. The number of rotatable bonds is 19. The summed E-state index contributed by atoms with van der Waals surface area (Å²) in [5, 5.41) is 6.81. The van der Waals surface area contributed by atoms with Crippen LogP contribution < -0.4 is 5.32 Å². The van der Waals surface area contributed by atoms with Gasteiger partial charge in [0.2, 0.25) is 3.79 Å². The molecule has 20 heteroatoms. The summed E-state index contributed by atoms with van der Waals surface area (Å²) >= 11 is 17.7. The number of hydrogen-bond donors (Lipinski definition) is 1. The van der Waals surface area contributed by atoms with Gasteiger partial charge in [0.05, 0.1) is 33.0 Å². The van der Waals surface area contributed by atoms with Gasteiger partial charge < -0.3 is 57.4 Å². The number of ether oxygens (including phenoxy) is 11. The number of hydrogen-bond acceptors (Lipinski definition) is 14. The van der Waals surface area contributed by atoms with Gasteiger partial charge in [0.15, 0.2) is 25.0 Å². The number of amides is 1. The lowest BCUT2D eigenvalue weighted by Crippen LogP contribution is -2.69. The standard InChI is InChI=1S/C47H49Cl3N4O13/c1-2-23-58-43-36(52-45(55)62-29-47(48,49)50)41(67-46(56)61-26-32-19-11-5-12-20-32)39(34(63-43)27-57-24-30-15-7-3-8-16-30)66-44-37(53-54-51)40(59-25-31-17-9-4-10-18-31)38-35(64-44)28-60-42(65-38)33-21-13-6-14-22-33/h2-22,34-44H,1,23-29H2,(H,52,55)/t34-,35-,36-,37-,38-,39-,40-,41-,42?,43+,44?/m1/s1. The molecule has 4 aromatic rings.